The summed E-state index contributed by atoms with van der Waals surface area (Å²) in [6.07, 6.45) is 0. The molecule has 0 fully saturated rings. The Labute approximate surface area is 79.0 Å². The Bertz CT molecular complexity index is 78.1. The monoisotopic (exact) mass is 162 g/mol. The van der Waals surface area contributed by atoms with Gasteiger partial charge in [-0.1, -0.05) is 0 Å². The van der Waals surface area contributed by atoms with E-state index in [1.165, 1.54) is 7.05 Å². The first-order valence-electron chi connectivity index (χ1n) is 2.25. The number of rotatable bonds is 4. The fraction of sp³-hybridized carbons (Fsp3) is 1.00. The molecule has 0 saturated carbocycles. The molecular formula is C3H10NNaO3P+. The first-order chi connectivity index (χ1) is 3.81. The zero-order chi connectivity index (χ0) is 6.41. The van der Waals surface area contributed by atoms with E-state index in [-0.39, 0.29) is 31.0 Å². The number of hydroxylamine groups is 1. The summed E-state index contributed by atoms with van der Waals surface area (Å²) in [4.78, 5) is 0. The van der Waals surface area contributed by atoms with E-state index in [0.29, 0.717) is 6.61 Å². The van der Waals surface area contributed by atoms with Crippen molar-refractivity contribution in [1.29, 1.82) is 0 Å². The molecule has 1 unspecified atom stereocenters. The third-order valence-corrected chi connectivity index (χ3v) is 1.20. The molecule has 0 heterocycles. The van der Waals surface area contributed by atoms with Crippen LogP contribution in [-0.4, -0.2) is 13.7 Å². The van der Waals surface area contributed by atoms with Crippen molar-refractivity contribution in [2.75, 3.05) is 13.7 Å². The van der Waals surface area contributed by atoms with Crippen LogP contribution in [0.2, 0.25) is 0 Å². The molecule has 1 atom stereocenters. The smallest absolute Gasteiger partial charge is 1.00 e. The summed E-state index contributed by atoms with van der Waals surface area (Å²) in [5.41, 5.74) is 2.24. The second-order valence-corrected chi connectivity index (χ2v) is 1.82. The SMILES string of the molecule is CCO[P+](=O)ONC.[H-].[Na+]. The van der Waals surface area contributed by atoms with Crippen LogP contribution < -0.4 is 35.0 Å². The third-order valence-electron chi connectivity index (χ3n) is 0.400. The van der Waals surface area contributed by atoms with Crippen molar-refractivity contribution in [3.8, 4) is 0 Å². The van der Waals surface area contributed by atoms with Crippen molar-refractivity contribution in [3.05, 3.63) is 0 Å². The van der Waals surface area contributed by atoms with Gasteiger partial charge in [0.2, 0.25) is 0 Å². The molecule has 9 heavy (non-hydrogen) atoms. The summed E-state index contributed by atoms with van der Waals surface area (Å²) < 4.78 is 19.1. The Morgan fingerprint density at radius 3 is 2.67 bits per heavy atom. The first-order valence-corrected chi connectivity index (χ1v) is 3.34. The molecule has 0 aromatic rings. The fourth-order valence-electron chi connectivity index (χ4n) is 0.206. The maximum Gasteiger partial charge on any atom is 1.00 e. The van der Waals surface area contributed by atoms with Crippen LogP contribution in [0.25, 0.3) is 0 Å². The van der Waals surface area contributed by atoms with Crippen molar-refractivity contribution in [2.45, 2.75) is 6.92 Å². The van der Waals surface area contributed by atoms with Gasteiger partial charge in [0.05, 0.1) is 0 Å². The maximum absolute atomic E-state index is 10.3. The van der Waals surface area contributed by atoms with E-state index in [1.54, 1.807) is 6.92 Å². The van der Waals surface area contributed by atoms with Gasteiger partial charge in [-0.05, 0) is 11.5 Å². The van der Waals surface area contributed by atoms with Crippen LogP contribution in [0.15, 0.2) is 0 Å². The number of hydrogen-bond donors (Lipinski definition) is 1. The zero-order valence-electron chi connectivity index (χ0n) is 6.88. The summed E-state index contributed by atoms with van der Waals surface area (Å²) in [6.45, 7) is 2.14. The zero-order valence-corrected chi connectivity index (χ0v) is 8.77. The summed E-state index contributed by atoms with van der Waals surface area (Å²) >= 11 is 0. The predicted molar refractivity (Wildman–Crippen MR) is 30.5 cm³/mol. The topological polar surface area (TPSA) is 47.6 Å². The molecule has 4 nitrogen and oxygen atoms in total. The molecule has 0 aliphatic rings. The second kappa shape index (κ2) is 8.98. The molecule has 0 amide bonds. The van der Waals surface area contributed by atoms with E-state index >= 15 is 0 Å². The van der Waals surface area contributed by atoms with Crippen LogP contribution in [0, 0.1) is 0 Å². The van der Waals surface area contributed by atoms with Crippen LogP contribution in [0.5, 0.6) is 0 Å². The summed E-state index contributed by atoms with van der Waals surface area (Å²) in [5, 5.41) is 0. The number of nitrogens with one attached hydrogen (secondary N) is 1. The Morgan fingerprint density at radius 2 is 2.33 bits per heavy atom. The summed E-state index contributed by atoms with van der Waals surface area (Å²) in [5.74, 6) is 0. The molecule has 6 heteroatoms. The third kappa shape index (κ3) is 8.98. The average Bonchev–Trinajstić information content (AvgIpc) is 1.68. The molecule has 0 aromatic heterocycles. The largest absolute Gasteiger partial charge is 1.00 e. The predicted octanol–water partition coefficient (Wildman–Crippen LogP) is -2.05. The standard InChI is InChI=1S/C3H9NO3P.Na.H/c1-3-6-8(5)7-4-2;;/h4H,3H2,1-2H3;;/q2*+1;-1. The minimum Gasteiger partial charge on any atom is -1.00 e. The maximum atomic E-state index is 10.3. The van der Waals surface area contributed by atoms with Crippen LogP contribution in [-0.2, 0) is 13.7 Å². The minimum atomic E-state index is -1.94. The molecule has 1 N–H and O–H groups in total. The van der Waals surface area contributed by atoms with Gasteiger partial charge in [0, 0.05) is 11.6 Å². The van der Waals surface area contributed by atoms with Crippen LogP contribution >= 0.6 is 8.25 Å². The molecular weight excluding hydrogens is 152 g/mol. The Morgan fingerprint density at radius 1 is 1.78 bits per heavy atom. The van der Waals surface area contributed by atoms with E-state index in [9.17, 15) is 4.57 Å². The van der Waals surface area contributed by atoms with Gasteiger partial charge in [0.25, 0.3) is 0 Å². The van der Waals surface area contributed by atoms with Crippen molar-refractivity contribution in [3.63, 3.8) is 0 Å². The van der Waals surface area contributed by atoms with Gasteiger partial charge in [-0.15, -0.1) is 4.52 Å². The Hall–Kier alpha value is 0.980. The minimum absolute atomic E-state index is 0. The van der Waals surface area contributed by atoms with Crippen LogP contribution in [0.1, 0.15) is 8.35 Å². The molecule has 0 aromatic carbocycles. The molecule has 0 rings (SSSR count). The molecule has 0 radical (unpaired) electrons. The Balaban J connectivity index is -0.000000245. The van der Waals surface area contributed by atoms with Gasteiger partial charge in [-0.2, -0.15) is 5.48 Å². The number of hydrogen-bond acceptors (Lipinski definition) is 4. The molecule has 0 aliphatic heterocycles. The summed E-state index contributed by atoms with van der Waals surface area (Å²) in [6, 6.07) is 0. The van der Waals surface area contributed by atoms with Gasteiger partial charge in [0.15, 0.2) is 0 Å². The first kappa shape index (κ1) is 12.6. The fourth-order valence-corrected chi connectivity index (χ4v) is 0.619. The van der Waals surface area contributed by atoms with Crippen molar-refractivity contribution >= 4 is 8.25 Å². The van der Waals surface area contributed by atoms with Gasteiger partial charge >= 0.3 is 37.8 Å². The normalized spacial score (nSPS) is 10.2. The van der Waals surface area contributed by atoms with Crippen molar-refractivity contribution < 1.29 is 44.7 Å². The summed E-state index contributed by atoms with van der Waals surface area (Å²) in [7, 11) is -0.422. The van der Waals surface area contributed by atoms with Crippen LogP contribution in [0.4, 0.5) is 0 Å². The van der Waals surface area contributed by atoms with Crippen LogP contribution in [0.3, 0.4) is 0 Å². The van der Waals surface area contributed by atoms with E-state index in [1.807, 2.05) is 0 Å². The van der Waals surface area contributed by atoms with E-state index in [2.05, 4.69) is 14.6 Å². The van der Waals surface area contributed by atoms with Gasteiger partial charge < -0.3 is 1.43 Å². The molecule has 50 valence electrons. The quantitative estimate of drug-likeness (QED) is 0.293. The van der Waals surface area contributed by atoms with Gasteiger partial charge in [-0.3, -0.25) is 0 Å². The van der Waals surface area contributed by atoms with Crippen molar-refractivity contribution in [1.82, 2.24) is 5.48 Å². The molecule has 0 spiro atoms. The Kier molecular flexibility index (Phi) is 12.6. The second-order valence-electron chi connectivity index (χ2n) is 0.937. The molecule has 0 saturated heterocycles. The molecule has 0 bridgehead atoms. The van der Waals surface area contributed by atoms with Crippen molar-refractivity contribution in [2.24, 2.45) is 0 Å². The van der Waals surface area contributed by atoms with E-state index in [0.717, 1.165) is 0 Å². The molecule has 0 aliphatic carbocycles. The average molecular weight is 162 g/mol. The van der Waals surface area contributed by atoms with Gasteiger partial charge in [0.1, 0.15) is 6.61 Å². The van der Waals surface area contributed by atoms with E-state index < -0.39 is 8.25 Å². The van der Waals surface area contributed by atoms with E-state index in [4.69, 9.17) is 0 Å². The van der Waals surface area contributed by atoms with Gasteiger partial charge in [-0.25, -0.2) is 0 Å².